The van der Waals surface area contributed by atoms with Crippen LogP contribution in [0.4, 0.5) is 9.59 Å². The molecular formula is C24H34N2O5Si. The summed E-state index contributed by atoms with van der Waals surface area (Å²) in [4.78, 5) is 22.8. The topological polar surface area (TPSA) is 108 Å². The summed E-state index contributed by atoms with van der Waals surface area (Å²) in [6, 6.07) is 19.6. The fourth-order valence-corrected chi connectivity index (χ4v) is 8.89. The lowest BCUT2D eigenvalue weighted by molar-refractivity contribution is 0.0305. The van der Waals surface area contributed by atoms with E-state index in [1.807, 2.05) is 60.7 Å². The molecule has 0 fully saturated rings. The van der Waals surface area contributed by atoms with Gasteiger partial charge in [0, 0.05) is 6.04 Å². The highest BCUT2D eigenvalue weighted by molar-refractivity contribution is 6.99. The molecule has 0 heterocycles. The number of rotatable bonds is 9. The van der Waals surface area contributed by atoms with E-state index in [2.05, 4.69) is 31.4 Å². The van der Waals surface area contributed by atoms with Crippen LogP contribution < -0.4 is 21.0 Å². The minimum absolute atomic E-state index is 0.297. The molecule has 4 N–H and O–H groups in total. The summed E-state index contributed by atoms with van der Waals surface area (Å²) < 4.78 is 7.00. The zero-order valence-electron chi connectivity index (χ0n) is 19.4. The number of hydrogen-bond donors (Lipinski definition) is 4. The molecule has 0 saturated carbocycles. The lowest BCUT2D eigenvalue weighted by Crippen LogP contribution is -2.71. The Balaban J connectivity index is 2.60. The molecule has 1 unspecified atom stereocenters. The maximum absolute atomic E-state index is 11.8. The van der Waals surface area contributed by atoms with Gasteiger partial charge < -0.3 is 20.0 Å². The van der Waals surface area contributed by atoms with Crippen molar-refractivity contribution >= 4 is 30.9 Å². The van der Waals surface area contributed by atoms with Gasteiger partial charge in [-0.05, 0) is 42.1 Å². The second-order valence-corrected chi connectivity index (χ2v) is 13.5. The molecule has 2 rings (SSSR count). The van der Waals surface area contributed by atoms with Gasteiger partial charge in [0.1, 0.15) is 5.72 Å². The third kappa shape index (κ3) is 6.11. The monoisotopic (exact) mass is 458 g/mol. The number of nitrogens with one attached hydrogen (secondary N) is 2. The molecule has 174 valence electrons. The van der Waals surface area contributed by atoms with Crippen LogP contribution in [0.25, 0.3) is 0 Å². The van der Waals surface area contributed by atoms with Crippen LogP contribution in [0.3, 0.4) is 0 Å². The van der Waals surface area contributed by atoms with Gasteiger partial charge in [-0.2, -0.15) is 0 Å². The Morgan fingerprint density at radius 2 is 1.38 bits per heavy atom. The highest BCUT2D eigenvalue weighted by Crippen LogP contribution is 2.39. The van der Waals surface area contributed by atoms with E-state index in [0.717, 1.165) is 10.4 Å². The van der Waals surface area contributed by atoms with Crippen molar-refractivity contribution in [2.75, 3.05) is 0 Å². The van der Waals surface area contributed by atoms with E-state index < -0.39 is 26.2 Å². The van der Waals surface area contributed by atoms with E-state index in [0.29, 0.717) is 12.8 Å². The van der Waals surface area contributed by atoms with Crippen LogP contribution in [0.5, 0.6) is 0 Å². The van der Waals surface area contributed by atoms with Gasteiger partial charge in [-0.25, -0.2) is 9.59 Å². The fraction of sp³-hybridized carbons (Fsp3) is 0.417. The average molecular weight is 459 g/mol. The summed E-state index contributed by atoms with van der Waals surface area (Å²) in [6.07, 6.45) is -1.60. The normalized spacial score (nSPS) is 14.8. The van der Waals surface area contributed by atoms with E-state index in [9.17, 15) is 14.7 Å². The van der Waals surface area contributed by atoms with Crippen LogP contribution in [0.15, 0.2) is 60.7 Å². The van der Waals surface area contributed by atoms with Crippen LogP contribution in [0.1, 0.15) is 47.5 Å². The predicted octanol–water partition coefficient (Wildman–Crippen LogP) is 3.98. The number of hydrogen-bond acceptors (Lipinski definition) is 3. The van der Waals surface area contributed by atoms with Gasteiger partial charge in [0.05, 0.1) is 0 Å². The van der Waals surface area contributed by atoms with Gasteiger partial charge in [-0.3, -0.25) is 5.32 Å². The van der Waals surface area contributed by atoms with Gasteiger partial charge >= 0.3 is 12.2 Å². The lowest BCUT2D eigenvalue weighted by Gasteiger charge is -2.48. The van der Waals surface area contributed by atoms with Crippen LogP contribution >= 0.6 is 0 Å². The third-order valence-corrected chi connectivity index (χ3v) is 10.8. The van der Waals surface area contributed by atoms with Crippen molar-refractivity contribution in [3.63, 3.8) is 0 Å². The van der Waals surface area contributed by atoms with Crippen LogP contribution in [0.2, 0.25) is 5.04 Å². The van der Waals surface area contributed by atoms with Gasteiger partial charge in [-0.1, -0.05) is 81.4 Å². The Morgan fingerprint density at radius 1 is 0.906 bits per heavy atom. The first-order chi connectivity index (χ1) is 14.9. The molecule has 2 amide bonds. The standard InChI is InChI=1S/C24H34N2O5Si/c1-18(25-21(27)28)16-17-24(5,26-22(29)30)31-32(23(2,3)4,19-12-8-6-9-13-19)20-14-10-7-11-15-20/h6-15,18,25-26H,16-17H2,1-5H3,(H,27,28)(H,29,30)/t18?,24-/m0/s1. The van der Waals surface area contributed by atoms with E-state index >= 15 is 0 Å². The van der Waals surface area contributed by atoms with Crippen LogP contribution in [-0.2, 0) is 4.43 Å². The van der Waals surface area contributed by atoms with E-state index in [4.69, 9.17) is 9.53 Å². The summed E-state index contributed by atoms with van der Waals surface area (Å²) >= 11 is 0. The Labute approximate surface area is 190 Å². The maximum atomic E-state index is 11.8. The average Bonchev–Trinajstić information content (AvgIpc) is 2.70. The SMILES string of the molecule is CC(CC[C@@](C)(NC(=O)O)O[Si](c1ccccc1)(c1ccccc1)C(C)(C)C)NC(=O)O. The second-order valence-electron chi connectivity index (χ2n) is 9.32. The molecule has 0 radical (unpaired) electrons. The quantitative estimate of drug-likeness (QED) is 0.336. The van der Waals surface area contributed by atoms with Crippen molar-refractivity contribution in [1.29, 1.82) is 0 Å². The number of carbonyl (C=O) groups is 2. The predicted molar refractivity (Wildman–Crippen MR) is 128 cm³/mol. The molecule has 0 aliphatic carbocycles. The summed E-state index contributed by atoms with van der Waals surface area (Å²) in [6.45, 7) is 9.84. The minimum Gasteiger partial charge on any atom is -0.465 e. The highest BCUT2D eigenvalue weighted by atomic mass is 28.4. The Hall–Kier alpha value is -2.84. The Bertz CT molecular complexity index is 862. The molecule has 0 saturated heterocycles. The van der Waals surface area contributed by atoms with Gasteiger partial charge in [0.15, 0.2) is 0 Å². The van der Waals surface area contributed by atoms with Gasteiger partial charge in [-0.15, -0.1) is 0 Å². The maximum Gasteiger partial charge on any atom is 0.406 e. The molecule has 32 heavy (non-hydrogen) atoms. The number of amides is 2. The van der Waals surface area contributed by atoms with E-state index in [1.165, 1.54) is 0 Å². The van der Waals surface area contributed by atoms with Crippen molar-refractivity contribution in [2.45, 2.75) is 64.3 Å². The van der Waals surface area contributed by atoms with Crippen LogP contribution in [-0.4, -0.2) is 42.5 Å². The molecule has 0 bridgehead atoms. The molecule has 2 aromatic rings. The largest absolute Gasteiger partial charge is 0.465 e. The third-order valence-electron chi connectivity index (χ3n) is 5.59. The first kappa shape index (κ1) is 25.4. The summed E-state index contributed by atoms with van der Waals surface area (Å²) in [7, 11) is -3.02. The summed E-state index contributed by atoms with van der Waals surface area (Å²) in [5.74, 6) is 0. The molecular weight excluding hydrogens is 424 g/mol. The second kappa shape index (κ2) is 10.2. The first-order valence-electron chi connectivity index (χ1n) is 10.7. The zero-order valence-corrected chi connectivity index (χ0v) is 20.4. The lowest BCUT2D eigenvalue weighted by atomic mass is 10.1. The Kier molecular flexibility index (Phi) is 8.09. The van der Waals surface area contributed by atoms with Crippen molar-refractivity contribution in [1.82, 2.24) is 10.6 Å². The van der Waals surface area contributed by atoms with Crippen molar-refractivity contribution in [2.24, 2.45) is 0 Å². The minimum atomic E-state index is -3.02. The van der Waals surface area contributed by atoms with Gasteiger partial charge in [0.2, 0.25) is 0 Å². The van der Waals surface area contributed by atoms with Crippen molar-refractivity contribution in [3.05, 3.63) is 60.7 Å². The molecule has 0 aromatic heterocycles. The number of carboxylic acid groups (broad SMARTS) is 2. The first-order valence-corrected chi connectivity index (χ1v) is 12.6. The van der Waals surface area contributed by atoms with Crippen molar-refractivity contribution < 1.29 is 24.2 Å². The molecule has 8 heteroatoms. The molecule has 0 aliphatic heterocycles. The van der Waals surface area contributed by atoms with E-state index in [1.54, 1.807) is 13.8 Å². The smallest absolute Gasteiger partial charge is 0.406 e. The number of benzene rings is 2. The molecule has 7 nitrogen and oxygen atoms in total. The molecule has 2 aromatic carbocycles. The fourth-order valence-electron chi connectivity index (χ4n) is 4.13. The van der Waals surface area contributed by atoms with Gasteiger partial charge in [0.25, 0.3) is 8.32 Å². The molecule has 0 spiro atoms. The van der Waals surface area contributed by atoms with E-state index in [-0.39, 0.29) is 11.1 Å². The Morgan fingerprint density at radius 3 is 1.75 bits per heavy atom. The highest BCUT2D eigenvalue weighted by Gasteiger charge is 2.54. The molecule has 0 aliphatic rings. The summed E-state index contributed by atoms with van der Waals surface area (Å²) in [5.41, 5.74) is -1.23. The zero-order chi connectivity index (χ0) is 24.0. The molecule has 2 atom stereocenters. The van der Waals surface area contributed by atoms with Crippen LogP contribution in [0, 0.1) is 0 Å². The summed E-state index contributed by atoms with van der Waals surface area (Å²) in [5, 5.41) is 25.4. The van der Waals surface area contributed by atoms with Crippen molar-refractivity contribution in [3.8, 4) is 0 Å².